The molecule has 0 fully saturated rings. The van der Waals surface area contributed by atoms with Gasteiger partial charge >= 0.3 is 5.97 Å². The van der Waals surface area contributed by atoms with Gasteiger partial charge in [-0.2, -0.15) is 0 Å². The van der Waals surface area contributed by atoms with E-state index in [4.69, 9.17) is 9.84 Å². The van der Waals surface area contributed by atoms with Crippen LogP contribution < -0.4 is 5.32 Å². The number of rotatable bonds is 6. The Morgan fingerprint density at radius 1 is 1.46 bits per heavy atom. The van der Waals surface area contributed by atoms with E-state index in [2.05, 4.69) is 35.1 Å². The molecule has 0 bridgehead atoms. The van der Waals surface area contributed by atoms with E-state index in [0.29, 0.717) is 0 Å². The van der Waals surface area contributed by atoms with Crippen LogP contribution in [0.15, 0.2) is 33.9 Å². The molecule has 0 saturated heterocycles. The van der Waals surface area contributed by atoms with Gasteiger partial charge in [0.1, 0.15) is 5.70 Å². The maximum atomic E-state index is 12.6. The second-order valence-electron chi connectivity index (χ2n) is 5.81. The summed E-state index contributed by atoms with van der Waals surface area (Å²) in [7, 11) is 1.28. The predicted molar refractivity (Wildman–Crippen MR) is 94.6 cm³/mol. The quantitative estimate of drug-likeness (QED) is 0.720. The Morgan fingerprint density at radius 3 is 2.75 bits per heavy atom. The van der Waals surface area contributed by atoms with Crippen LogP contribution in [0.5, 0.6) is 0 Å². The molecule has 0 aromatic heterocycles. The average molecular weight is 397 g/mol. The third-order valence-electron chi connectivity index (χ3n) is 3.85. The lowest BCUT2D eigenvalue weighted by atomic mass is 10.0. The Hall–Kier alpha value is -1.86. The highest BCUT2D eigenvalue weighted by Gasteiger charge is 2.34. The third-order valence-corrected chi connectivity index (χ3v) is 4.34. The maximum Gasteiger partial charge on any atom is 0.337 e. The number of hydrogen-bond acceptors (Lipinski definition) is 5. The summed E-state index contributed by atoms with van der Waals surface area (Å²) in [6.45, 7) is 4.24. The maximum absolute atomic E-state index is 12.6. The summed E-state index contributed by atoms with van der Waals surface area (Å²) in [4.78, 5) is 26.0. The summed E-state index contributed by atoms with van der Waals surface area (Å²) in [5.74, 6) is -0.631. The van der Waals surface area contributed by atoms with Crippen LogP contribution in [-0.2, 0) is 14.3 Å². The molecule has 0 unspecified atom stereocenters. The molecule has 0 spiro atoms. The van der Waals surface area contributed by atoms with Gasteiger partial charge in [-0.15, -0.1) is 0 Å². The van der Waals surface area contributed by atoms with Gasteiger partial charge in [0.25, 0.3) is 5.91 Å². The first-order valence-corrected chi connectivity index (χ1v) is 8.46. The number of anilines is 1. The van der Waals surface area contributed by atoms with E-state index < -0.39 is 5.97 Å². The Balaban J connectivity index is 2.41. The summed E-state index contributed by atoms with van der Waals surface area (Å²) in [6.07, 6.45) is 0. The number of aliphatic hydroxyl groups excluding tert-OH is 1. The second-order valence-corrected chi connectivity index (χ2v) is 6.72. The zero-order valence-corrected chi connectivity index (χ0v) is 15.5. The number of methoxy groups -OCH3 is 1. The van der Waals surface area contributed by atoms with E-state index in [0.717, 1.165) is 15.7 Å². The van der Waals surface area contributed by atoms with Crippen molar-refractivity contribution in [3.63, 3.8) is 0 Å². The fourth-order valence-corrected chi connectivity index (χ4v) is 2.99. The van der Waals surface area contributed by atoms with Gasteiger partial charge in [0.2, 0.25) is 0 Å². The van der Waals surface area contributed by atoms with Crippen molar-refractivity contribution in [2.45, 2.75) is 19.8 Å². The summed E-state index contributed by atoms with van der Waals surface area (Å²) in [5, 5.41) is 12.2. The molecule has 130 valence electrons. The van der Waals surface area contributed by atoms with Crippen LogP contribution >= 0.6 is 15.9 Å². The van der Waals surface area contributed by atoms with Crippen molar-refractivity contribution in [2.75, 3.05) is 32.1 Å². The molecule has 1 aromatic carbocycles. The predicted octanol–water partition coefficient (Wildman–Crippen LogP) is 2.25. The minimum Gasteiger partial charge on any atom is -0.466 e. The number of nitrogens with zero attached hydrogens (tertiary/aromatic N) is 1. The van der Waals surface area contributed by atoms with Crippen LogP contribution in [0.25, 0.3) is 0 Å². The lowest BCUT2D eigenvalue weighted by Gasteiger charge is -2.17. The average Bonchev–Trinajstić information content (AvgIpc) is 2.85. The van der Waals surface area contributed by atoms with Crippen LogP contribution in [0.2, 0.25) is 0 Å². The molecular weight excluding hydrogens is 376 g/mol. The fourth-order valence-electron chi connectivity index (χ4n) is 2.61. The normalized spacial score (nSPS) is 14.6. The zero-order chi connectivity index (χ0) is 17.9. The fraction of sp³-hybridized carbons (Fsp3) is 0.412. The number of nitrogens with one attached hydrogen (secondary N) is 1. The van der Waals surface area contributed by atoms with Crippen LogP contribution in [0.3, 0.4) is 0 Å². The van der Waals surface area contributed by atoms with Gasteiger partial charge < -0.3 is 20.1 Å². The first kappa shape index (κ1) is 18.5. The molecule has 2 N–H and O–H groups in total. The highest BCUT2D eigenvalue weighted by Crippen LogP contribution is 2.30. The number of ether oxygens (including phenoxy) is 1. The van der Waals surface area contributed by atoms with Crippen molar-refractivity contribution in [2.24, 2.45) is 0 Å². The minimum absolute atomic E-state index is 0.127. The van der Waals surface area contributed by atoms with E-state index in [1.165, 1.54) is 12.0 Å². The number of esters is 1. The Bertz CT molecular complexity index is 685. The lowest BCUT2D eigenvalue weighted by Crippen LogP contribution is -2.31. The monoisotopic (exact) mass is 396 g/mol. The standard InChI is InChI=1S/C17H21BrN2O4/c1-10(2)12-8-11(18)4-5-14(12)19-15-13(17(23)24-3)9-20(6-7-21)16(15)22/h4-5,8,10,19,21H,6-7,9H2,1-3H3. The van der Waals surface area contributed by atoms with E-state index in [1.807, 2.05) is 18.2 Å². The SMILES string of the molecule is COC(=O)C1=C(Nc2ccc(Br)cc2C(C)C)C(=O)N(CCO)C1. The smallest absolute Gasteiger partial charge is 0.337 e. The number of β-amino-alcohol motifs (C(OH)–C–C–N with tert-alkyl or cyclic N) is 1. The number of amides is 1. The molecular formula is C17H21BrN2O4. The van der Waals surface area contributed by atoms with E-state index in [9.17, 15) is 9.59 Å². The molecule has 1 aromatic rings. The zero-order valence-electron chi connectivity index (χ0n) is 13.9. The molecule has 6 nitrogen and oxygen atoms in total. The van der Waals surface area contributed by atoms with Crippen molar-refractivity contribution in [3.05, 3.63) is 39.5 Å². The number of carbonyl (C=O) groups is 2. The van der Waals surface area contributed by atoms with Gasteiger partial charge in [0, 0.05) is 16.7 Å². The first-order chi connectivity index (χ1) is 11.4. The molecule has 0 saturated carbocycles. The Kier molecular flexibility index (Phi) is 6.01. The van der Waals surface area contributed by atoms with Crippen molar-refractivity contribution in [3.8, 4) is 0 Å². The highest BCUT2D eigenvalue weighted by atomic mass is 79.9. The number of aliphatic hydroxyl groups is 1. The number of benzene rings is 1. The van der Waals surface area contributed by atoms with Crippen LogP contribution in [0.1, 0.15) is 25.3 Å². The Morgan fingerprint density at radius 2 is 2.17 bits per heavy atom. The van der Waals surface area contributed by atoms with Gasteiger partial charge in [-0.1, -0.05) is 29.8 Å². The summed E-state index contributed by atoms with van der Waals surface area (Å²) < 4.78 is 5.73. The topological polar surface area (TPSA) is 78.9 Å². The molecule has 1 aliphatic heterocycles. The second kappa shape index (κ2) is 7.81. The van der Waals surface area contributed by atoms with Gasteiger partial charge in [-0.3, -0.25) is 4.79 Å². The Labute approximate surface area is 149 Å². The van der Waals surface area contributed by atoms with Crippen LogP contribution in [0, 0.1) is 0 Å². The van der Waals surface area contributed by atoms with Gasteiger partial charge in [0.15, 0.2) is 0 Å². The molecule has 0 atom stereocenters. The largest absolute Gasteiger partial charge is 0.466 e. The van der Waals surface area contributed by atoms with Crippen molar-refractivity contribution >= 4 is 33.5 Å². The first-order valence-electron chi connectivity index (χ1n) is 7.67. The van der Waals surface area contributed by atoms with Gasteiger partial charge in [-0.05, 0) is 29.7 Å². The number of hydrogen-bond donors (Lipinski definition) is 2. The summed E-state index contributed by atoms with van der Waals surface area (Å²) >= 11 is 3.45. The number of carbonyl (C=O) groups excluding carboxylic acids is 2. The molecule has 1 aliphatic rings. The number of halogens is 1. The molecule has 7 heteroatoms. The van der Waals surface area contributed by atoms with E-state index in [1.54, 1.807) is 0 Å². The molecule has 0 radical (unpaired) electrons. The lowest BCUT2D eigenvalue weighted by molar-refractivity contribution is -0.136. The van der Waals surface area contributed by atoms with Crippen molar-refractivity contribution < 1.29 is 19.4 Å². The molecule has 1 amide bonds. The minimum atomic E-state index is -0.547. The van der Waals surface area contributed by atoms with E-state index in [-0.39, 0.29) is 42.8 Å². The summed E-state index contributed by atoms with van der Waals surface area (Å²) in [5.41, 5.74) is 2.27. The highest BCUT2D eigenvalue weighted by molar-refractivity contribution is 9.10. The van der Waals surface area contributed by atoms with E-state index >= 15 is 0 Å². The molecule has 1 heterocycles. The molecule has 24 heavy (non-hydrogen) atoms. The molecule has 0 aliphatic carbocycles. The van der Waals surface area contributed by atoms with Crippen molar-refractivity contribution in [1.29, 1.82) is 0 Å². The van der Waals surface area contributed by atoms with Crippen LogP contribution in [-0.4, -0.2) is 48.7 Å². The third kappa shape index (κ3) is 3.79. The molecule has 2 rings (SSSR count). The van der Waals surface area contributed by atoms with Crippen molar-refractivity contribution in [1.82, 2.24) is 4.90 Å². The summed E-state index contributed by atoms with van der Waals surface area (Å²) in [6, 6.07) is 5.72. The van der Waals surface area contributed by atoms with Crippen LogP contribution in [0.4, 0.5) is 5.69 Å². The van der Waals surface area contributed by atoms with Gasteiger partial charge in [0.05, 0.1) is 25.8 Å². The van der Waals surface area contributed by atoms with Gasteiger partial charge in [-0.25, -0.2) is 4.79 Å².